The molecule has 1 N–H and O–H groups in total. The first-order chi connectivity index (χ1) is 7.98. The van der Waals surface area contributed by atoms with Crippen LogP contribution in [-0.2, 0) is 10.2 Å². The van der Waals surface area contributed by atoms with Crippen LogP contribution in [0.4, 0.5) is 0 Å². The first kappa shape index (κ1) is 13.1. The van der Waals surface area contributed by atoms with Crippen LogP contribution in [0.15, 0.2) is 12.1 Å². The molecule has 1 aromatic heterocycles. The molecule has 0 saturated carbocycles. The van der Waals surface area contributed by atoms with E-state index in [2.05, 4.69) is 26.8 Å². The van der Waals surface area contributed by atoms with Crippen molar-refractivity contribution in [2.45, 2.75) is 57.7 Å². The molecular formula is C14H22O2S. The topological polar surface area (TPSA) is 29.5 Å². The molecule has 1 aliphatic heterocycles. The fraction of sp³-hybridized carbons (Fsp3) is 0.714. The first-order valence-corrected chi connectivity index (χ1v) is 7.20. The van der Waals surface area contributed by atoms with Gasteiger partial charge in [-0.15, -0.1) is 11.3 Å². The van der Waals surface area contributed by atoms with Crippen LogP contribution < -0.4 is 0 Å². The van der Waals surface area contributed by atoms with Gasteiger partial charge in [-0.1, -0.05) is 20.8 Å². The molecule has 0 amide bonds. The lowest BCUT2D eigenvalue weighted by molar-refractivity contribution is -0.0620. The maximum atomic E-state index is 10.3. The molecule has 2 heterocycles. The van der Waals surface area contributed by atoms with Crippen molar-refractivity contribution in [3.63, 3.8) is 0 Å². The average Bonchev–Trinajstić information content (AvgIpc) is 2.78. The predicted molar refractivity (Wildman–Crippen MR) is 71.6 cm³/mol. The van der Waals surface area contributed by atoms with E-state index in [0.717, 1.165) is 24.3 Å². The van der Waals surface area contributed by atoms with Gasteiger partial charge in [-0.25, -0.2) is 0 Å². The highest BCUT2D eigenvalue weighted by atomic mass is 32.1. The molecule has 0 aliphatic carbocycles. The van der Waals surface area contributed by atoms with Crippen molar-refractivity contribution in [1.82, 2.24) is 0 Å². The molecule has 2 rings (SSSR count). The van der Waals surface area contributed by atoms with Gasteiger partial charge in [0.25, 0.3) is 0 Å². The lowest BCUT2D eigenvalue weighted by Crippen LogP contribution is -2.25. The largest absolute Gasteiger partial charge is 0.385 e. The zero-order chi connectivity index (χ0) is 12.5. The van der Waals surface area contributed by atoms with Gasteiger partial charge in [0.1, 0.15) is 6.10 Å². The van der Waals surface area contributed by atoms with Gasteiger partial charge < -0.3 is 9.84 Å². The molecule has 1 fully saturated rings. The highest BCUT2D eigenvalue weighted by Gasteiger charge is 2.26. The van der Waals surface area contributed by atoms with Crippen LogP contribution in [0.3, 0.4) is 0 Å². The zero-order valence-corrected chi connectivity index (χ0v) is 11.7. The maximum Gasteiger partial charge on any atom is 0.114 e. The van der Waals surface area contributed by atoms with E-state index in [9.17, 15) is 5.11 Å². The monoisotopic (exact) mass is 254 g/mol. The first-order valence-electron chi connectivity index (χ1n) is 6.38. The number of thiophene rings is 1. The minimum Gasteiger partial charge on any atom is -0.385 e. The molecule has 2 atom stereocenters. The Kier molecular flexibility index (Phi) is 3.91. The molecule has 0 spiro atoms. The van der Waals surface area contributed by atoms with Gasteiger partial charge in [-0.05, 0) is 36.8 Å². The molecule has 1 aromatic rings. The second-order valence-electron chi connectivity index (χ2n) is 5.80. The van der Waals surface area contributed by atoms with E-state index >= 15 is 0 Å². The number of ether oxygens (including phenoxy) is 1. The summed E-state index contributed by atoms with van der Waals surface area (Å²) in [4.78, 5) is 2.36. The fourth-order valence-corrected chi connectivity index (χ4v) is 3.22. The molecule has 0 radical (unpaired) electrons. The standard InChI is InChI=1S/C14H22O2S/c1-14(2,3)12-8-7-11(17-12)13(15)10-6-4-5-9-16-10/h7-8,10,13,15H,4-6,9H2,1-3H3. The summed E-state index contributed by atoms with van der Waals surface area (Å²) in [6, 6.07) is 4.18. The average molecular weight is 254 g/mol. The highest BCUT2D eigenvalue weighted by Crippen LogP contribution is 2.35. The van der Waals surface area contributed by atoms with E-state index in [-0.39, 0.29) is 11.5 Å². The summed E-state index contributed by atoms with van der Waals surface area (Å²) < 4.78 is 5.65. The summed E-state index contributed by atoms with van der Waals surface area (Å²) in [6.45, 7) is 7.39. The molecule has 2 unspecified atom stereocenters. The second-order valence-corrected chi connectivity index (χ2v) is 6.92. The normalized spacial score (nSPS) is 23.6. The fourth-order valence-electron chi connectivity index (χ4n) is 2.11. The molecule has 2 nitrogen and oxygen atoms in total. The molecule has 3 heteroatoms. The number of aliphatic hydroxyl groups excluding tert-OH is 1. The van der Waals surface area contributed by atoms with Gasteiger partial charge >= 0.3 is 0 Å². The van der Waals surface area contributed by atoms with Gasteiger partial charge in [0.2, 0.25) is 0 Å². The summed E-state index contributed by atoms with van der Waals surface area (Å²) in [5.74, 6) is 0. The summed E-state index contributed by atoms with van der Waals surface area (Å²) >= 11 is 1.71. The second kappa shape index (κ2) is 5.09. The third-order valence-electron chi connectivity index (χ3n) is 3.22. The van der Waals surface area contributed by atoms with Crippen LogP contribution in [0.25, 0.3) is 0 Å². The van der Waals surface area contributed by atoms with E-state index in [4.69, 9.17) is 4.74 Å². The minimum absolute atomic E-state index is 0.00443. The van der Waals surface area contributed by atoms with Crippen LogP contribution in [0.1, 0.15) is 55.9 Å². The van der Waals surface area contributed by atoms with Crippen molar-refractivity contribution in [2.75, 3.05) is 6.61 Å². The molecule has 1 saturated heterocycles. The van der Waals surface area contributed by atoms with Gasteiger partial charge in [0.05, 0.1) is 6.10 Å². The number of hydrogen-bond acceptors (Lipinski definition) is 3. The van der Waals surface area contributed by atoms with Crippen molar-refractivity contribution in [1.29, 1.82) is 0 Å². The maximum absolute atomic E-state index is 10.3. The molecule has 1 aliphatic rings. The van der Waals surface area contributed by atoms with Crippen LogP contribution in [0.5, 0.6) is 0 Å². The molecule has 96 valence electrons. The number of rotatable bonds is 2. The molecule has 0 bridgehead atoms. The Morgan fingerprint density at radius 2 is 2.12 bits per heavy atom. The summed E-state index contributed by atoms with van der Waals surface area (Å²) in [6.07, 6.45) is 2.82. The van der Waals surface area contributed by atoms with Crippen molar-refractivity contribution < 1.29 is 9.84 Å². The molecular weight excluding hydrogens is 232 g/mol. The SMILES string of the molecule is CC(C)(C)c1ccc(C(O)C2CCCCO2)s1. The highest BCUT2D eigenvalue weighted by molar-refractivity contribution is 7.12. The Labute approximate surface area is 108 Å². The van der Waals surface area contributed by atoms with E-state index in [1.807, 2.05) is 6.07 Å². The summed E-state index contributed by atoms with van der Waals surface area (Å²) in [5, 5.41) is 10.3. The van der Waals surface area contributed by atoms with Crippen LogP contribution >= 0.6 is 11.3 Å². The zero-order valence-electron chi connectivity index (χ0n) is 10.9. The van der Waals surface area contributed by atoms with Crippen molar-refractivity contribution in [3.05, 3.63) is 21.9 Å². The lowest BCUT2D eigenvalue weighted by Gasteiger charge is -2.26. The summed E-state index contributed by atoms with van der Waals surface area (Å²) in [7, 11) is 0. The van der Waals surface area contributed by atoms with Crippen molar-refractivity contribution in [2.24, 2.45) is 0 Å². The Hall–Kier alpha value is -0.380. The third-order valence-corrected chi connectivity index (χ3v) is 4.81. The summed E-state index contributed by atoms with van der Waals surface area (Å²) in [5.41, 5.74) is 0.163. The van der Waals surface area contributed by atoms with E-state index in [1.165, 1.54) is 11.3 Å². The smallest absolute Gasteiger partial charge is 0.114 e. The van der Waals surface area contributed by atoms with E-state index in [0.29, 0.717) is 0 Å². The van der Waals surface area contributed by atoms with Gasteiger partial charge in [-0.3, -0.25) is 0 Å². The lowest BCUT2D eigenvalue weighted by atomic mass is 9.95. The van der Waals surface area contributed by atoms with Crippen LogP contribution in [0, 0.1) is 0 Å². The number of hydrogen-bond donors (Lipinski definition) is 1. The Morgan fingerprint density at radius 3 is 2.65 bits per heavy atom. The predicted octanol–water partition coefficient (Wildman–Crippen LogP) is 3.65. The Morgan fingerprint density at radius 1 is 1.35 bits per heavy atom. The van der Waals surface area contributed by atoms with Gasteiger partial charge in [0, 0.05) is 16.4 Å². The van der Waals surface area contributed by atoms with E-state index < -0.39 is 6.10 Å². The van der Waals surface area contributed by atoms with Gasteiger partial charge in [0.15, 0.2) is 0 Å². The molecule has 17 heavy (non-hydrogen) atoms. The van der Waals surface area contributed by atoms with E-state index in [1.54, 1.807) is 11.3 Å². The quantitative estimate of drug-likeness (QED) is 0.873. The Bertz CT molecular complexity index is 359. The van der Waals surface area contributed by atoms with Crippen LogP contribution in [0.2, 0.25) is 0 Å². The van der Waals surface area contributed by atoms with Gasteiger partial charge in [-0.2, -0.15) is 0 Å². The minimum atomic E-state index is -0.448. The van der Waals surface area contributed by atoms with Crippen LogP contribution in [-0.4, -0.2) is 17.8 Å². The van der Waals surface area contributed by atoms with Crippen molar-refractivity contribution in [3.8, 4) is 0 Å². The third kappa shape index (κ3) is 3.09. The van der Waals surface area contributed by atoms with Crippen molar-refractivity contribution >= 4 is 11.3 Å². The Balaban J connectivity index is 2.08. The molecule has 0 aromatic carbocycles. The number of aliphatic hydroxyl groups is 1.